The Morgan fingerprint density at radius 2 is 1.68 bits per heavy atom. The second-order valence-electron chi connectivity index (χ2n) is 10.9. The highest BCUT2D eigenvalue weighted by Gasteiger charge is 2.50. The maximum absolute atomic E-state index is 13.8. The van der Waals surface area contributed by atoms with Crippen molar-refractivity contribution in [1.82, 2.24) is 14.9 Å². The lowest BCUT2D eigenvalue weighted by Crippen LogP contribution is -2.56. The minimum absolute atomic E-state index is 0.0378. The quantitative estimate of drug-likeness (QED) is 0.246. The summed E-state index contributed by atoms with van der Waals surface area (Å²) in [5, 5.41) is 36.8. The summed E-state index contributed by atoms with van der Waals surface area (Å²) in [5.74, 6) is -1.10. The van der Waals surface area contributed by atoms with Gasteiger partial charge in [-0.15, -0.1) is 0 Å². The molecule has 0 aromatic heterocycles. The van der Waals surface area contributed by atoms with Gasteiger partial charge in [-0.25, -0.2) is 0 Å². The van der Waals surface area contributed by atoms with Gasteiger partial charge in [0.25, 0.3) is 11.8 Å². The lowest BCUT2D eigenvalue weighted by atomic mass is 9.85. The first-order valence-electron chi connectivity index (χ1n) is 13.3. The smallest absolute Gasteiger partial charge is 0.264 e. The van der Waals surface area contributed by atoms with E-state index in [0.29, 0.717) is 16.9 Å². The molecule has 0 radical (unpaired) electrons. The van der Waals surface area contributed by atoms with E-state index in [-0.39, 0.29) is 35.9 Å². The normalized spacial score (nSPS) is 17.5. The van der Waals surface area contributed by atoms with Gasteiger partial charge in [-0.1, -0.05) is 62.4 Å². The molecule has 4 rings (SSSR count). The first-order chi connectivity index (χ1) is 19.5. The van der Waals surface area contributed by atoms with Crippen LogP contribution in [0.2, 0.25) is 0 Å². The van der Waals surface area contributed by atoms with Gasteiger partial charge in [-0.05, 0) is 60.7 Å². The van der Waals surface area contributed by atoms with Crippen LogP contribution in [-0.4, -0.2) is 61.3 Å². The third-order valence-corrected chi connectivity index (χ3v) is 8.73. The molecule has 1 aliphatic heterocycles. The minimum Gasteiger partial charge on any atom is -0.508 e. The van der Waals surface area contributed by atoms with Crippen LogP contribution in [0.4, 0.5) is 0 Å². The standard InChI is InChI=1S/C31H35N3O6S/c1-19-23(13-8-14-25(19)36)28(38)33-24(16-20-9-5-4-6-10-20)26(37)30(40)34-27(31(2,3)18-41-34)29(39)32-17-21-11-7-12-22(35)15-21/h4-15,24,26-27,35-37H,16-18H2,1-3H3,(H,32,39)(H,33,38)/t24-,26-,27+/m0/s1. The predicted octanol–water partition coefficient (Wildman–Crippen LogP) is 3.31. The number of rotatable bonds is 9. The first-order valence-corrected chi connectivity index (χ1v) is 14.2. The average molecular weight is 578 g/mol. The number of benzene rings is 3. The molecule has 1 aliphatic rings. The summed E-state index contributed by atoms with van der Waals surface area (Å²) >= 11 is 1.17. The molecule has 10 heteroatoms. The van der Waals surface area contributed by atoms with Crippen molar-refractivity contribution in [2.24, 2.45) is 5.41 Å². The van der Waals surface area contributed by atoms with Gasteiger partial charge in [0, 0.05) is 28.8 Å². The fraction of sp³-hybridized carbons (Fsp3) is 0.323. The number of amides is 3. The monoisotopic (exact) mass is 577 g/mol. The number of aromatic hydroxyl groups is 2. The molecule has 3 aromatic rings. The van der Waals surface area contributed by atoms with Gasteiger partial charge < -0.3 is 26.0 Å². The Hall–Kier alpha value is -4.02. The van der Waals surface area contributed by atoms with Crippen molar-refractivity contribution in [3.05, 3.63) is 95.1 Å². The molecule has 216 valence electrons. The fourth-order valence-corrected chi connectivity index (χ4v) is 6.23. The molecule has 1 saturated heterocycles. The molecular formula is C31H35N3O6S. The zero-order valence-corrected chi connectivity index (χ0v) is 24.0. The molecule has 5 N–H and O–H groups in total. The maximum atomic E-state index is 13.8. The van der Waals surface area contributed by atoms with Crippen LogP contribution in [0.3, 0.4) is 0 Å². The number of hydrogen-bond donors (Lipinski definition) is 5. The number of phenolic OH excluding ortho intramolecular Hbond substituents is 2. The van der Waals surface area contributed by atoms with Crippen molar-refractivity contribution in [2.45, 2.75) is 51.9 Å². The summed E-state index contributed by atoms with van der Waals surface area (Å²) < 4.78 is 1.31. The molecule has 1 fully saturated rings. The van der Waals surface area contributed by atoms with Crippen LogP contribution in [-0.2, 0) is 22.6 Å². The first kappa shape index (κ1) is 30.0. The van der Waals surface area contributed by atoms with Gasteiger partial charge in [-0.3, -0.25) is 18.7 Å². The minimum atomic E-state index is -1.65. The second-order valence-corrected chi connectivity index (χ2v) is 11.8. The molecule has 0 aliphatic carbocycles. The van der Waals surface area contributed by atoms with Crippen LogP contribution < -0.4 is 10.6 Å². The summed E-state index contributed by atoms with van der Waals surface area (Å²) in [6, 6.07) is 18.4. The number of nitrogens with one attached hydrogen (secondary N) is 2. The number of nitrogens with zero attached hydrogens (tertiary/aromatic N) is 1. The van der Waals surface area contributed by atoms with E-state index >= 15 is 0 Å². The van der Waals surface area contributed by atoms with E-state index in [4.69, 9.17) is 0 Å². The van der Waals surface area contributed by atoms with Gasteiger partial charge in [0.1, 0.15) is 17.5 Å². The number of carbonyl (C=O) groups is 3. The van der Waals surface area contributed by atoms with Crippen LogP contribution in [0.1, 0.15) is 40.9 Å². The molecule has 3 amide bonds. The van der Waals surface area contributed by atoms with Crippen LogP contribution in [0.15, 0.2) is 72.8 Å². The van der Waals surface area contributed by atoms with Gasteiger partial charge in [0.05, 0.1) is 6.04 Å². The van der Waals surface area contributed by atoms with Gasteiger partial charge in [0.2, 0.25) is 5.91 Å². The summed E-state index contributed by atoms with van der Waals surface area (Å²) in [7, 11) is 0. The summed E-state index contributed by atoms with van der Waals surface area (Å²) in [6.45, 7) is 5.53. The molecule has 3 aromatic carbocycles. The zero-order valence-electron chi connectivity index (χ0n) is 23.2. The van der Waals surface area contributed by atoms with Crippen molar-refractivity contribution >= 4 is 29.7 Å². The molecule has 1 heterocycles. The van der Waals surface area contributed by atoms with E-state index in [1.54, 1.807) is 37.3 Å². The summed E-state index contributed by atoms with van der Waals surface area (Å²) in [5.41, 5.74) is 1.51. The van der Waals surface area contributed by atoms with Crippen molar-refractivity contribution in [3.8, 4) is 11.5 Å². The highest BCUT2D eigenvalue weighted by Crippen LogP contribution is 2.42. The number of aliphatic hydroxyl groups excluding tert-OH is 1. The van der Waals surface area contributed by atoms with Gasteiger partial charge in [-0.2, -0.15) is 0 Å². The van der Waals surface area contributed by atoms with Crippen molar-refractivity contribution in [2.75, 3.05) is 5.75 Å². The third-order valence-electron chi connectivity index (χ3n) is 7.19. The van der Waals surface area contributed by atoms with E-state index in [2.05, 4.69) is 10.6 Å². The van der Waals surface area contributed by atoms with Crippen LogP contribution in [0, 0.1) is 12.3 Å². The van der Waals surface area contributed by atoms with Crippen molar-refractivity contribution < 1.29 is 29.7 Å². The van der Waals surface area contributed by atoms with E-state index in [1.165, 1.54) is 28.4 Å². The molecule has 0 spiro atoms. The number of aliphatic hydroxyl groups is 1. The lowest BCUT2D eigenvalue weighted by molar-refractivity contribution is -0.143. The third kappa shape index (κ3) is 7.01. The second kappa shape index (κ2) is 12.7. The van der Waals surface area contributed by atoms with Crippen LogP contribution >= 0.6 is 11.9 Å². The number of hydrogen-bond acceptors (Lipinski definition) is 7. The van der Waals surface area contributed by atoms with Crippen molar-refractivity contribution in [1.29, 1.82) is 0 Å². The Balaban J connectivity index is 1.55. The molecular weight excluding hydrogens is 542 g/mol. The molecule has 0 bridgehead atoms. The van der Waals surface area contributed by atoms with Gasteiger partial charge >= 0.3 is 0 Å². The highest BCUT2D eigenvalue weighted by molar-refractivity contribution is 7.97. The van der Waals surface area contributed by atoms with Gasteiger partial charge in [0.15, 0.2) is 6.10 Å². The highest BCUT2D eigenvalue weighted by atomic mass is 32.2. The Bertz CT molecular complexity index is 1410. The largest absolute Gasteiger partial charge is 0.508 e. The van der Waals surface area contributed by atoms with Crippen molar-refractivity contribution in [3.63, 3.8) is 0 Å². The van der Waals surface area contributed by atoms with Crippen LogP contribution in [0.5, 0.6) is 11.5 Å². The van der Waals surface area contributed by atoms with E-state index in [9.17, 15) is 29.7 Å². The van der Waals surface area contributed by atoms with E-state index in [0.717, 1.165) is 5.56 Å². The lowest BCUT2D eigenvalue weighted by Gasteiger charge is -2.33. The number of carbonyl (C=O) groups excluding carboxylic acids is 3. The Morgan fingerprint density at radius 3 is 2.39 bits per heavy atom. The van der Waals surface area contributed by atoms with E-state index < -0.39 is 35.4 Å². The zero-order chi connectivity index (χ0) is 29.7. The SMILES string of the molecule is Cc1c(O)cccc1C(=O)N[C@@H](Cc1ccccc1)[C@H](O)C(=O)N1SCC(C)(C)[C@H]1C(=O)NCc1cccc(O)c1. The van der Waals surface area contributed by atoms with E-state index in [1.807, 2.05) is 44.2 Å². The summed E-state index contributed by atoms with van der Waals surface area (Å²) in [6.07, 6.45) is -1.49. The Kier molecular flexibility index (Phi) is 9.25. The fourth-order valence-electron chi connectivity index (χ4n) is 4.84. The maximum Gasteiger partial charge on any atom is 0.264 e. The molecule has 0 saturated carbocycles. The molecule has 41 heavy (non-hydrogen) atoms. The number of phenols is 2. The van der Waals surface area contributed by atoms with Crippen LogP contribution in [0.25, 0.3) is 0 Å². The molecule has 9 nitrogen and oxygen atoms in total. The topological polar surface area (TPSA) is 139 Å². The molecule has 0 unspecified atom stereocenters. The Labute approximate surface area is 243 Å². The predicted molar refractivity (Wildman–Crippen MR) is 157 cm³/mol. The summed E-state index contributed by atoms with van der Waals surface area (Å²) in [4.78, 5) is 40.4. The average Bonchev–Trinajstić information content (AvgIpc) is 3.27. The Morgan fingerprint density at radius 1 is 1.00 bits per heavy atom. The molecule has 3 atom stereocenters.